The Hall–Kier alpha value is -3.00. The molecule has 31 heavy (non-hydrogen) atoms. The van der Waals surface area contributed by atoms with Crippen LogP contribution in [0, 0.1) is 5.92 Å². The normalized spacial score (nSPS) is 23.7. The first kappa shape index (κ1) is 21.2. The SMILES string of the molecule is CC(C)CC(C(=O)NC12CCCC1OCC2=O)c1cc(-n2ccnc2)ccc1C(N)=O. The summed E-state index contributed by atoms with van der Waals surface area (Å²) in [6.45, 7) is 4.07. The first-order chi connectivity index (χ1) is 14.8. The average Bonchev–Trinajstić information content (AvgIpc) is 3.45. The number of ether oxygens (including phenoxy) is 1. The molecule has 0 bridgehead atoms. The highest BCUT2D eigenvalue weighted by Gasteiger charge is 2.55. The van der Waals surface area contributed by atoms with Crippen molar-refractivity contribution in [3.05, 3.63) is 48.0 Å². The standard InChI is InChI=1S/C23H28N4O4/c1-14(2)10-18(22(30)26-23-7-3-4-20(23)31-12-19(23)28)17-11-15(27-9-8-25-13-27)5-6-16(17)21(24)29/h5-6,8-9,11,13-14,18,20H,3-4,7,10,12H2,1-2H3,(H2,24,29)(H,26,30). The number of nitrogens with zero attached hydrogens (tertiary/aromatic N) is 2. The summed E-state index contributed by atoms with van der Waals surface area (Å²) in [7, 11) is 0. The lowest BCUT2D eigenvalue weighted by Gasteiger charge is -2.31. The van der Waals surface area contributed by atoms with Crippen molar-refractivity contribution in [2.75, 3.05) is 6.61 Å². The van der Waals surface area contributed by atoms with Gasteiger partial charge in [-0.2, -0.15) is 0 Å². The zero-order valence-corrected chi connectivity index (χ0v) is 17.8. The maximum absolute atomic E-state index is 13.6. The van der Waals surface area contributed by atoms with E-state index in [1.807, 2.05) is 19.9 Å². The quantitative estimate of drug-likeness (QED) is 0.706. The fourth-order valence-corrected chi connectivity index (χ4v) is 4.82. The summed E-state index contributed by atoms with van der Waals surface area (Å²) in [5.41, 5.74) is 6.34. The van der Waals surface area contributed by atoms with Crippen LogP contribution in [0.2, 0.25) is 0 Å². The number of carbonyl (C=O) groups excluding carboxylic acids is 3. The summed E-state index contributed by atoms with van der Waals surface area (Å²) >= 11 is 0. The van der Waals surface area contributed by atoms with E-state index >= 15 is 0 Å². The van der Waals surface area contributed by atoms with E-state index in [2.05, 4.69) is 10.3 Å². The van der Waals surface area contributed by atoms with Crippen molar-refractivity contribution < 1.29 is 19.1 Å². The van der Waals surface area contributed by atoms with Crippen molar-refractivity contribution in [3.63, 3.8) is 0 Å². The molecule has 0 spiro atoms. The van der Waals surface area contributed by atoms with Crippen molar-refractivity contribution in [2.24, 2.45) is 11.7 Å². The molecule has 1 saturated carbocycles. The Bertz CT molecular complexity index is 1000. The lowest BCUT2D eigenvalue weighted by molar-refractivity contribution is -0.131. The second-order valence-electron chi connectivity index (χ2n) is 8.86. The molecule has 1 aliphatic heterocycles. The molecule has 2 aliphatic rings. The zero-order chi connectivity index (χ0) is 22.2. The lowest BCUT2D eigenvalue weighted by atomic mass is 9.84. The van der Waals surface area contributed by atoms with Gasteiger partial charge in [0.15, 0.2) is 5.78 Å². The Kier molecular flexibility index (Phi) is 5.66. The van der Waals surface area contributed by atoms with Gasteiger partial charge >= 0.3 is 0 Å². The third-order valence-corrected chi connectivity index (χ3v) is 6.35. The second-order valence-corrected chi connectivity index (χ2v) is 8.86. The van der Waals surface area contributed by atoms with E-state index in [0.717, 1.165) is 18.5 Å². The number of ketones is 1. The number of benzene rings is 1. The summed E-state index contributed by atoms with van der Waals surface area (Å²) in [6, 6.07) is 5.23. The number of fused-ring (bicyclic) bond motifs is 1. The van der Waals surface area contributed by atoms with Gasteiger partial charge < -0.3 is 20.4 Å². The Morgan fingerprint density at radius 2 is 2.19 bits per heavy atom. The molecule has 2 amide bonds. The number of imidazole rings is 1. The van der Waals surface area contributed by atoms with Gasteiger partial charge in [-0.25, -0.2) is 4.98 Å². The number of nitrogens with one attached hydrogen (secondary N) is 1. The topological polar surface area (TPSA) is 116 Å². The maximum atomic E-state index is 13.6. The number of aromatic nitrogens is 2. The minimum absolute atomic E-state index is 0.0302. The number of amides is 2. The van der Waals surface area contributed by atoms with E-state index in [4.69, 9.17) is 10.5 Å². The van der Waals surface area contributed by atoms with E-state index < -0.39 is 17.4 Å². The van der Waals surface area contributed by atoms with E-state index in [1.165, 1.54) is 0 Å². The zero-order valence-electron chi connectivity index (χ0n) is 17.8. The van der Waals surface area contributed by atoms with Crippen LogP contribution in [0.5, 0.6) is 0 Å². The molecule has 164 valence electrons. The molecule has 0 radical (unpaired) electrons. The first-order valence-corrected chi connectivity index (χ1v) is 10.7. The van der Waals surface area contributed by atoms with Crippen LogP contribution >= 0.6 is 0 Å². The largest absolute Gasteiger partial charge is 0.367 e. The van der Waals surface area contributed by atoms with Crippen LogP contribution in [-0.4, -0.2) is 45.4 Å². The summed E-state index contributed by atoms with van der Waals surface area (Å²) < 4.78 is 7.45. The van der Waals surface area contributed by atoms with Crippen LogP contribution in [0.1, 0.15) is 61.4 Å². The van der Waals surface area contributed by atoms with Gasteiger partial charge in [0.05, 0.1) is 18.3 Å². The first-order valence-electron chi connectivity index (χ1n) is 10.7. The predicted octanol–water partition coefficient (Wildman–Crippen LogP) is 2.11. The predicted molar refractivity (Wildman–Crippen MR) is 114 cm³/mol. The van der Waals surface area contributed by atoms with E-state index in [-0.39, 0.29) is 30.3 Å². The molecule has 2 heterocycles. The van der Waals surface area contributed by atoms with Gasteiger partial charge in [-0.05, 0) is 55.4 Å². The number of primary amides is 1. The van der Waals surface area contributed by atoms with Crippen molar-refractivity contribution in [1.82, 2.24) is 14.9 Å². The molecule has 1 aromatic carbocycles. The third-order valence-electron chi connectivity index (χ3n) is 6.35. The van der Waals surface area contributed by atoms with Gasteiger partial charge in [0.25, 0.3) is 0 Å². The minimum atomic E-state index is -0.957. The molecule has 1 aliphatic carbocycles. The summed E-state index contributed by atoms with van der Waals surface area (Å²) in [5.74, 6) is -1.39. The summed E-state index contributed by atoms with van der Waals surface area (Å²) in [4.78, 5) is 42.5. The Balaban J connectivity index is 1.74. The summed E-state index contributed by atoms with van der Waals surface area (Å²) in [5, 5.41) is 3.04. The van der Waals surface area contributed by atoms with Crippen LogP contribution < -0.4 is 11.1 Å². The fourth-order valence-electron chi connectivity index (χ4n) is 4.82. The lowest BCUT2D eigenvalue weighted by Crippen LogP contribution is -2.57. The number of hydrogen-bond acceptors (Lipinski definition) is 5. The molecule has 8 heteroatoms. The molecule has 3 unspecified atom stereocenters. The fraction of sp³-hybridized carbons (Fsp3) is 0.478. The van der Waals surface area contributed by atoms with Crippen molar-refractivity contribution in [3.8, 4) is 5.69 Å². The van der Waals surface area contributed by atoms with E-state index in [0.29, 0.717) is 24.0 Å². The Labute approximate surface area is 181 Å². The number of carbonyl (C=O) groups is 3. The molecular formula is C23H28N4O4. The molecule has 1 saturated heterocycles. The monoisotopic (exact) mass is 424 g/mol. The van der Waals surface area contributed by atoms with Crippen LogP contribution in [0.3, 0.4) is 0 Å². The van der Waals surface area contributed by atoms with Gasteiger partial charge in [0.2, 0.25) is 11.8 Å². The van der Waals surface area contributed by atoms with Crippen LogP contribution in [0.4, 0.5) is 0 Å². The highest BCUT2D eigenvalue weighted by atomic mass is 16.5. The van der Waals surface area contributed by atoms with Crippen LogP contribution in [0.25, 0.3) is 5.69 Å². The van der Waals surface area contributed by atoms with Crippen molar-refractivity contribution in [2.45, 2.75) is 57.1 Å². The number of nitrogens with two attached hydrogens (primary N) is 1. The van der Waals surface area contributed by atoms with Gasteiger partial charge in [-0.1, -0.05) is 13.8 Å². The molecule has 3 N–H and O–H groups in total. The van der Waals surface area contributed by atoms with Crippen molar-refractivity contribution >= 4 is 17.6 Å². The number of Topliss-reactive ketones (excluding diaryl/α,β-unsaturated/α-hetero) is 1. The summed E-state index contributed by atoms with van der Waals surface area (Å²) in [6.07, 6.45) is 7.48. The Morgan fingerprint density at radius 3 is 2.87 bits per heavy atom. The van der Waals surface area contributed by atoms with E-state index in [1.54, 1.807) is 35.4 Å². The van der Waals surface area contributed by atoms with Crippen LogP contribution in [-0.2, 0) is 14.3 Å². The van der Waals surface area contributed by atoms with Gasteiger partial charge in [0, 0.05) is 23.6 Å². The highest BCUT2D eigenvalue weighted by Crippen LogP contribution is 2.39. The van der Waals surface area contributed by atoms with Gasteiger partial charge in [-0.15, -0.1) is 0 Å². The van der Waals surface area contributed by atoms with Crippen LogP contribution in [0.15, 0.2) is 36.9 Å². The maximum Gasteiger partial charge on any atom is 0.249 e. The minimum Gasteiger partial charge on any atom is -0.367 e. The second kappa shape index (κ2) is 8.26. The molecule has 8 nitrogen and oxygen atoms in total. The number of rotatable bonds is 7. The molecule has 1 aromatic heterocycles. The average molecular weight is 425 g/mol. The third kappa shape index (κ3) is 3.87. The van der Waals surface area contributed by atoms with Gasteiger partial charge in [0.1, 0.15) is 12.1 Å². The smallest absolute Gasteiger partial charge is 0.249 e. The van der Waals surface area contributed by atoms with E-state index in [9.17, 15) is 14.4 Å². The van der Waals surface area contributed by atoms with Crippen molar-refractivity contribution in [1.29, 1.82) is 0 Å². The highest BCUT2D eigenvalue weighted by molar-refractivity contribution is 6.00. The molecular weight excluding hydrogens is 396 g/mol. The Morgan fingerprint density at radius 1 is 1.39 bits per heavy atom. The van der Waals surface area contributed by atoms with Gasteiger partial charge in [-0.3, -0.25) is 14.4 Å². The number of hydrogen-bond donors (Lipinski definition) is 2. The molecule has 2 aromatic rings. The molecule has 4 rings (SSSR count). The molecule has 3 atom stereocenters. The molecule has 2 fully saturated rings.